The molecular weight excluding hydrogens is 393 g/mol. The molecule has 0 atom stereocenters. The van der Waals surface area contributed by atoms with E-state index in [1.807, 2.05) is 24.3 Å². The van der Waals surface area contributed by atoms with Gasteiger partial charge in [0.05, 0.1) is 16.3 Å². The van der Waals surface area contributed by atoms with Crippen molar-refractivity contribution in [1.82, 2.24) is 4.31 Å². The highest BCUT2D eigenvalue weighted by Gasteiger charge is 2.21. The summed E-state index contributed by atoms with van der Waals surface area (Å²) in [6.45, 7) is 2.17. The predicted octanol–water partition coefficient (Wildman–Crippen LogP) is 3.47. The lowest BCUT2D eigenvalue weighted by Gasteiger charge is -2.21. The fourth-order valence-corrected chi connectivity index (χ4v) is 4.60. The van der Waals surface area contributed by atoms with Crippen molar-refractivity contribution in [3.05, 3.63) is 54.3 Å². The molecule has 0 unspecified atom stereocenters. The summed E-state index contributed by atoms with van der Waals surface area (Å²) in [5.41, 5.74) is 1.81. The molecule has 1 amide bonds. The largest absolute Gasteiger partial charge is 0.370 e. The van der Waals surface area contributed by atoms with Gasteiger partial charge in [-0.2, -0.15) is 0 Å². The van der Waals surface area contributed by atoms with Crippen LogP contribution < -0.4 is 10.2 Å². The second-order valence-corrected chi connectivity index (χ2v) is 9.19. The molecule has 29 heavy (non-hydrogen) atoms. The molecule has 156 valence electrons. The molecule has 0 spiro atoms. The van der Waals surface area contributed by atoms with Crippen molar-refractivity contribution in [3.8, 4) is 0 Å². The van der Waals surface area contributed by atoms with Crippen LogP contribution in [0.3, 0.4) is 0 Å². The van der Waals surface area contributed by atoms with E-state index >= 15 is 0 Å². The fourth-order valence-electron chi connectivity index (χ4n) is 3.39. The van der Waals surface area contributed by atoms with Gasteiger partial charge >= 0.3 is 0 Å². The Bertz CT molecular complexity index is 942. The van der Waals surface area contributed by atoms with E-state index in [0.29, 0.717) is 6.42 Å². The van der Waals surface area contributed by atoms with Crippen molar-refractivity contribution in [2.24, 2.45) is 0 Å². The van der Waals surface area contributed by atoms with E-state index < -0.39 is 15.8 Å². The number of rotatable bonds is 8. The van der Waals surface area contributed by atoms with Gasteiger partial charge in [0.1, 0.15) is 5.82 Å². The molecule has 0 aliphatic carbocycles. The summed E-state index contributed by atoms with van der Waals surface area (Å²) in [6, 6.07) is 12.4. The minimum atomic E-state index is -3.70. The number of anilines is 2. The molecule has 1 aliphatic rings. The highest BCUT2D eigenvalue weighted by atomic mass is 32.2. The van der Waals surface area contributed by atoms with E-state index in [4.69, 9.17) is 0 Å². The summed E-state index contributed by atoms with van der Waals surface area (Å²) in [5.74, 6) is -0.637. The first-order chi connectivity index (χ1) is 13.9. The van der Waals surface area contributed by atoms with Gasteiger partial charge in [-0.3, -0.25) is 4.79 Å². The number of amides is 1. The number of hydrogen-bond donors (Lipinski definition) is 1. The van der Waals surface area contributed by atoms with Crippen LogP contribution in [0.5, 0.6) is 0 Å². The van der Waals surface area contributed by atoms with Gasteiger partial charge < -0.3 is 10.2 Å². The van der Waals surface area contributed by atoms with E-state index in [-0.39, 0.29) is 23.8 Å². The molecule has 0 aromatic heterocycles. The van der Waals surface area contributed by atoms with Crippen LogP contribution in [0.1, 0.15) is 25.7 Å². The summed E-state index contributed by atoms with van der Waals surface area (Å²) >= 11 is 0. The van der Waals surface area contributed by atoms with Crippen molar-refractivity contribution >= 4 is 27.3 Å². The van der Waals surface area contributed by atoms with Gasteiger partial charge in [0.15, 0.2) is 0 Å². The minimum Gasteiger partial charge on any atom is -0.370 e. The summed E-state index contributed by atoms with van der Waals surface area (Å²) in [5, 5.41) is 2.95. The third-order valence-corrected chi connectivity index (χ3v) is 6.89. The quantitative estimate of drug-likeness (QED) is 0.711. The molecule has 0 bridgehead atoms. The molecule has 1 heterocycles. The number of nitrogens with zero attached hydrogens (tertiary/aromatic N) is 2. The molecule has 1 fully saturated rings. The standard InChI is InChI=1S/C21H26FN3O3S/c1-24(29(27,28)18-12-10-17(22)11-13-18)14-6-9-21(26)23-19-7-2-3-8-20(19)25-15-4-5-16-25/h2-3,7-8,10-13H,4-6,9,14-16H2,1H3,(H,23,26). The van der Waals surface area contributed by atoms with Crippen LogP contribution in [0.4, 0.5) is 15.8 Å². The van der Waals surface area contributed by atoms with Gasteiger partial charge in [-0.25, -0.2) is 17.1 Å². The van der Waals surface area contributed by atoms with E-state index in [1.54, 1.807) is 0 Å². The SMILES string of the molecule is CN(CCCC(=O)Nc1ccccc1N1CCCC1)S(=O)(=O)c1ccc(F)cc1. The number of hydrogen-bond acceptors (Lipinski definition) is 4. The summed E-state index contributed by atoms with van der Waals surface area (Å²) in [4.78, 5) is 14.7. The third-order valence-electron chi connectivity index (χ3n) is 5.02. The molecule has 1 N–H and O–H groups in total. The molecule has 2 aromatic rings. The second kappa shape index (κ2) is 9.37. The highest BCUT2D eigenvalue weighted by molar-refractivity contribution is 7.89. The van der Waals surface area contributed by atoms with Gasteiger partial charge in [-0.1, -0.05) is 12.1 Å². The number of sulfonamides is 1. The topological polar surface area (TPSA) is 69.7 Å². The zero-order valence-electron chi connectivity index (χ0n) is 16.5. The normalized spacial score (nSPS) is 14.4. The van der Waals surface area contributed by atoms with Crippen molar-refractivity contribution in [1.29, 1.82) is 0 Å². The number of benzene rings is 2. The molecule has 2 aromatic carbocycles. The van der Waals surface area contributed by atoms with Crippen LogP contribution in [0, 0.1) is 5.82 Å². The van der Waals surface area contributed by atoms with Crippen LogP contribution in [-0.2, 0) is 14.8 Å². The number of carbonyl (C=O) groups is 1. The van der Waals surface area contributed by atoms with Crippen molar-refractivity contribution in [2.45, 2.75) is 30.6 Å². The lowest BCUT2D eigenvalue weighted by atomic mass is 10.2. The molecule has 8 heteroatoms. The van der Waals surface area contributed by atoms with E-state index in [2.05, 4.69) is 10.2 Å². The minimum absolute atomic E-state index is 0.0328. The molecule has 1 aliphatic heterocycles. The predicted molar refractivity (Wildman–Crippen MR) is 112 cm³/mol. The van der Waals surface area contributed by atoms with Crippen molar-refractivity contribution in [3.63, 3.8) is 0 Å². The van der Waals surface area contributed by atoms with Crippen molar-refractivity contribution in [2.75, 3.05) is 36.9 Å². The van der Waals surface area contributed by atoms with E-state index in [0.717, 1.165) is 49.4 Å². The Hall–Kier alpha value is -2.45. The van der Waals surface area contributed by atoms with Gasteiger partial charge in [0.25, 0.3) is 0 Å². The Morgan fingerprint density at radius 1 is 1.10 bits per heavy atom. The van der Waals surface area contributed by atoms with Gasteiger partial charge in [0, 0.05) is 33.1 Å². The van der Waals surface area contributed by atoms with Crippen LogP contribution in [0.15, 0.2) is 53.4 Å². The third kappa shape index (κ3) is 5.33. The molecule has 3 rings (SSSR count). The second-order valence-electron chi connectivity index (χ2n) is 7.14. The Labute approximate surface area is 171 Å². The first-order valence-corrected chi connectivity index (χ1v) is 11.2. The van der Waals surface area contributed by atoms with E-state index in [1.165, 1.54) is 23.5 Å². The molecule has 0 radical (unpaired) electrons. The van der Waals surface area contributed by atoms with Crippen LogP contribution in [0.25, 0.3) is 0 Å². The molecular formula is C21H26FN3O3S. The van der Waals surface area contributed by atoms with E-state index in [9.17, 15) is 17.6 Å². The zero-order valence-corrected chi connectivity index (χ0v) is 17.3. The van der Waals surface area contributed by atoms with Gasteiger partial charge in [0.2, 0.25) is 15.9 Å². The van der Waals surface area contributed by atoms with Gasteiger partial charge in [-0.05, 0) is 55.7 Å². The van der Waals surface area contributed by atoms with Crippen LogP contribution >= 0.6 is 0 Å². The molecule has 1 saturated heterocycles. The maximum Gasteiger partial charge on any atom is 0.242 e. The molecule has 0 saturated carbocycles. The summed E-state index contributed by atoms with van der Waals surface area (Å²) in [6.07, 6.45) is 2.89. The number of carbonyl (C=O) groups excluding carboxylic acids is 1. The molecule has 6 nitrogen and oxygen atoms in total. The fraction of sp³-hybridized carbons (Fsp3) is 0.381. The number of nitrogens with one attached hydrogen (secondary N) is 1. The zero-order chi connectivity index (χ0) is 20.9. The smallest absolute Gasteiger partial charge is 0.242 e. The summed E-state index contributed by atoms with van der Waals surface area (Å²) < 4.78 is 39.2. The van der Waals surface area contributed by atoms with Gasteiger partial charge in [-0.15, -0.1) is 0 Å². The Kier molecular flexibility index (Phi) is 6.87. The monoisotopic (exact) mass is 419 g/mol. The summed E-state index contributed by atoms with van der Waals surface area (Å²) in [7, 11) is -2.24. The lowest BCUT2D eigenvalue weighted by molar-refractivity contribution is -0.116. The Morgan fingerprint density at radius 3 is 2.45 bits per heavy atom. The lowest BCUT2D eigenvalue weighted by Crippen LogP contribution is -2.28. The maximum absolute atomic E-state index is 13.0. The Morgan fingerprint density at radius 2 is 1.76 bits per heavy atom. The number of para-hydroxylation sites is 2. The van der Waals surface area contributed by atoms with Crippen LogP contribution in [0.2, 0.25) is 0 Å². The number of halogens is 1. The van der Waals surface area contributed by atoms with Crippen LogP contribution in [-0.4, -0.2) is 45.3 Å². The first-order valence-electron chi connectivity index (χ1n) is 9.73. The Balaban J connectivity index is 1.53. The highest BCUT2D eigenvalue weighted by Crippen LogP contribution is 2.28. The van der Waals surface area contributed by atoms with Crippen molar-refractivity contribution < 1.29 is 17.6 Å². The maximum atomic E-state index is 13.0. The average molecular weight is 420 g/mol. The average Bonchev–Trinajstić information content (AvgIpc) is 3.23. The first kappa shape index (κ1) is 21.3.